The number of fused-ring (bicyclic) bond motifs is 5. The van der Waals surface area contributed by atoms with Crippen LogP contribution < -0.4 is 0 Å². The number of carbonyl (C=O) groups excluding carboxylic acids is 1. The number of hydrogen-bond donors (Lipinski definition) is 0. The fraction of sp³-hybridized carbons (Fsp3) is 0.889. The summed E-state index contributed by atoms with van der Waals surface area (Å²) in [7, 11) is -3.31. The SMILES string of the molecule is CC(=O)O[C@H]1CC[C@@]2(C)C(=C[C@H](O[Si](C)(C)C)[C@H]3[C@@H]4CC[C@H](O[Si](C)(C)C)[C@@]4(C)CC[C@@H]32)C1. The van der Waals surface area contributed by atoms with E-state index < -0.39 is 16.6 Å². The maximum Gasteiger partial charge on any atom is 0.302 e. The number of ether oxygens (including phenoxy) is 1. The first-order chi connectivity index (χ1) is 15.1. The van der Waals surface area contributed by atoms with Crippen molar-refractivity contribution in [2.24, 2.45) is 28.6 Å². The third kappa shape index (κ3) is 4.96. The van der Waals surface area contributed by atoms with Crippen molar-refractivity contribution in [2.75, 3.05) is 0 Å². The molecule has 4 nitrogen and oxygen atoms in total. The Hall–Kier alpha value is -0.436. The summed E-state index contributed by atoms with van der Waals surface area (Å²) in [5.74, 6) is 1.74. The molecule has 0 heterocycles. The van der Waals surface area contributed by atoms with Crippen molar-refractivity contribution in [3.8, 4) is 0 Å². The van der Waals surface area contributed by atoms with Crippen LogP contribution in [0.4, 0.5) is 0 Å². The predicted octanol–water partition coefficient (Wildman–Crippen LogP) is 6.93. The molecule has 0 saturated heterocycles. The van der Waals surface area contributed by atoms with E-state index in [1.165, 1.54) is 38.2 Å². The van der Waals surface area contributed by atoms with Crippen LogP contribution in [-0.2, 0) is 18.4 Å². The van der Waals surface area contributed by atoms with Crippen LogP contribution in [0.2, 0.25) is 39.3 Å². The largest absolute Gasteiger partial charge is 0.462 e. The molecule has 4 aliphatic carbocycles. The summed E-state index contributed by atoms with van der Waals surface area (Å²) < 4.78 is 19.5. The molecule has 0 aromatic heterocycles. The van der Waals surface area contributed by atoms with Crippen LogP contribution in [0.25, 0.3) is 0 Å². The predicted molar refractivity (Wildman–Crippen MR) is 139 cm³/mol. The highest BCUT2D eigenvalue weighted by atomic mass is 28.4. The van der Waals surface area contributed by atoms with Gasteiger partial charge in [0.15, 0.2) is 16.6 Å². The summed E-state index contributed by atoms with van der Waals surface area (Å²) in [5.41, 5.74) is 1.97. The molecule has 0 aliphatic heterocycles. The van der Waals surface area contributed by atoms with Crippen molar-refractivity contribution >= 4 is 22.6 Å². The monoisotopic (exact) mass is 492 g/mol. The fourth-order valence-corrected chi connectivity index (χ4v) is 10.3. The standard InChI is InChI=1S/C27H48O4Si2/c1-18(28)29-20-12-14-26(2)19(16-20)17-23(30-32(4,5)6)25-21-10-11-24(31-33(7,8)9)27(21,3)15-13-22(25)26/h17,20-25H,10-16H2,1-9H3/t20-,21-,22-,23-,24-,25-,26-,27-/m0/s1. The first-order valence-electron chi connectivity index (χ1n) is 13.4. The van der Waals surface area contributed by atoms with Crippen molar-refractivity contribution < 1.29 is 18.4 Å². The highest BCUT2D eigenvalue weighted by molar-refractivity contribution is 6.70. The van der Waals surface area contributed by atoms with Gasteiger partial charge in [0.25, 0.3) is 0 Å². The van der Waals surface area contributed by atoms with Crippen LogP contribution in [0, 0.1) is 28.6 Å². The zero-order valence-corrected chi connectivity index (χ0v) is 24.6. The maximum atomic E-state index is 11.7. The van der Waals surface area contributed by atoms with E-state index in [4.69, 9.17) is 13.6 Å². The van der Waals surface area contributed by atoms with Gasteiger partial charge in [0.2, 0.25) is 0 Å². The van der Waals surface area contributed by atoms with E-state index in [2.05, 4.69) is 59.2 Å². The van der Waals surface area contributed by atoms with E-state index in [1.54, 1.807) is 0 Å². The Balaban J connectivity index is 1.69. The van der Waals surface area contributed by atoms with Gasteiger partial charge < -0.3 is 13.6 Å². The quantitative estimate of drug-likeness (QED) is 0.237. The zero-order chi connectivity index (χ0) is 24.4. The molecule has 188 valence electrons. The van der Waals surface area contributed by atoms with Crippen LogP contribution in [0.3, 0.4) is 0 Å². The van der Waals surface area contributed by atoms with Gasteiger partial charge in [-0.15, -0.1) is 0 Å². The normalized spacial score (nSPS) is 43.2. The minimum Gasteiger partial charge on any atom is -0.462 e. The smallest absolute Gasteiger partial charge is 0.302 e. The molecule has 33 heavy (non-hydrogen) atoms. The number of esters is 1. The molecule has 8 atom stereocenters. The summed E-state index contributed by atoms with van der Waals surface area (Å²) >= 11 is 0. The van der Waals surface area contributed by atoms with Gasteiger partial charge >= 0.3 is 5.97 Å². The lowest BCUT2D eigenvalue weighted by atomic mass is 9.47. The molecule has 0 unspecified atom stereocenters. The van der Waals surface area contributed by atoms with Crippen molar-refractivity contribution in [1.29, 1.82) is 0 Å². The van der Waals surface area contributed by atoms with E-state index >= 15 is 0 Å². The minimum atomic E-state index is -1.72. The van der Waals surface area contributed by atoms with Gasteiger partial charge in [-0.25, -0.2) is 0 Å². The van der Waals surface area contributed by atoms with Gasteiger partial charge in [0.05, 0.1) is 12.2 Å². The van der Waals surface area contributed by atoms with E-state index in [0.29, 0.717) is 23.9 Å². The lowest BCUT2D eigenvalue weighted by Crippen LogP contribution is -2.57. The minimum absolute atomic E-state index is 0.0285. The second-order valence-electron chi connectivity index (χ2n) is 13.9. The first kappa shape index (κ1) is 25.7. The maximum absolute atomic E-state index is 11.7. The van der Waals surface area contributed by atoms with Gasteiger partial charge in [0.1, 0.15) is 6.10 Å². The Kier molecular flexibility index (Phi) is 6.68. The van der Waals surface area contributed by atoms with Crippen LogP contribution in [-0.4, -0.2) is 40.9 Å². The second-order valence-corrected chi connectivity index (χ2v) is 22.8. The Bertz CT molecular complexity index is 797. The molecule has 0 aromatic rings. The summed E-state index contributed by atoms with van der Waals surface area (Å²) in [6.07, 6.45) is 11.1. The number of hydrogen-bond acceptors (Lipinski definition) is 4. The van der Waals surface area contributed by atoms with Crippen LogP contribution in [0.15, 0.2) is 11.6 Å². The average Bonchev–Trinajstić information content (AvgIpc) is 2.96. The van der Waals surface area contributed by atoms with Crippen LogP contribution in [0.5, 0.6) is 0 Å². The molecule has 0 bridgehead atoms. The number of rotatable bonds is 5. The molecular weight excluding hydrogens is 444 g/mol. The van der Waals surface area contributed by atoms with E-state index in [1.807, 2.05) is 0 Å². The third-order valence-electron chi connectivity index (χ3n) is 9.29. The van der Waals surface area contributed by atoms with Crippen molar-refractivity contribution in [3.05, 3.63) is 11.6 Å². The number of carbonyl (C=O) groups is 1. The molecule has 3 saturated carbocycles. The van der Waals surface area contributed by atoms with E-state index in [-0.39, 0.29) is 29.0 Å². The summed E-state index contributed by atoms with van der Waals surface area (Å²) in [4.78, 5) is 11.7. The molecular formula is C27H48O4Si2. The van der Waals surface area contributed by atoms with Crippen molar-refractivity contribution in [2.45, 2.75) is 123 Å². The Morgan fingerprint density at radius 2 is 1.58 bits per heavy atom. The summed E-state index contributed by atoms with van der Waals surface area (Å²) in [5, 5.41) is 0. The first-order valence-corrected chi connectivity index (χ1v) is 20.2. The van der Waals surface area contributed by atoms with Crippen molar-refractivity contribution in [3.63, 3.8) is 0 Å². The molecule has 0 amide bonds. The molecule has 4 rings (SSSR count). The summed E-state index contributed by atoms with van der Waals surface area (Å²) in [6, 6.07) is 0. The third-order valence-corrected chi connectivity index (χ3v) is 11.3. The Morgan fingerprint density at radius 1 is 0.909 bits per heavy atom. The highest BCUT2D eigenvalue weighted by Crippen LogP contribution is 2.66. The Morgan fingerprint density at radius 3 is 2.18 bits per heavy atom. The molecule has 0 radical (unpaired) electrons. The lowest BCUT2D eigenvalue weighted by Gasteiger charge is -2.60. The van der Waals surface area contributed by atoms with Crippen molar-refractivity contribution in [1.82, 2.24) is 0 Å². The highest BCUT2D eigenvalue weighted by Gasteiger charge is 2.62. The van der Waals surface area contributed by atoms with Crippen LogP contribution >= 0.6 is 0 Å². The molecule has 0 aromatic carbocycles. The van der Waals surface area contributed by atoms with Gasteiger partial charge in [-0.05, 0) is 106 Å². The molecule has 0 N–H and O–H groups in total. The molecule has 3 fully saturated rings. The zero-order valence-electron chi connectivity index (χ0n) is 22.6. The van der Waals surface area contributed by atoms with Crippen LogP contribution in [0.1, 0.15) is 65.7 Å². The Labute approximate surface area is 204 Å². The molecule has 0 spiro atoms. The molecule has 6 heteroatoms. The van der Waals surface area contributed by atoms with Gasteiger partial charge in [-0.3, -0.25) is 4.79 Å². The lowest BCUT2D eigenvalue weighted by molar-refractivity contribution is -0.149. The second kappa shape index (κ2) is 8.60. The fourth-order valence-electron chi connectivity index (χ4n) is 8.02. The van der Waals surface area contributed by atoms with Gasteiger partial charge in [-0.1, -0.05) is 25.5 Å². The molecule has 4 aliphatic rings. The topological polar surface area (TPSA) is 44.8 Å². The average molecular weight is 493 g/mol. The van der Waals surface area contributed by atoms with Gasteiger partial charge in [0, 0.05) is 13.3 Å². The van der Waals surface area contributed by atoms with E-state index in [0.717, 1.165) is 19.3 Å². The summed E-state index contributed by atoms with van der Waals surface area (Å²) in [6.45, 7) is 20.6. The van der Waals surface area contributed by atoms with Gasteiger partial charge in [-0.2, -0.15) is 0 Å². The van der Waals surface area contributed by atoms with E-state index in [9.17, 15) is 4.79 Å².